The zero-order valence-electron chi connectivity index (χ0n) is 18.6. The third-order valence-corrected chi connectivity index (χ3v) is 7.10. The average Bonchev–Trinajstić information content (AvgIpc) is 2.84. The van der Waals surface area contributed by atoms with Crippen LogP contribution in [0.15, 0.2) is 40.2 Å². The minimum atomic E-state index is -0.181. The van der Waals surface area contributed by atoms with Gasteiger partial charge in [-0.05, 0) is 37.7 Å². The van der Waals surface area contributed by atoms with E-state index in [0.29, 0.717) is 13.1 Å². The number of benzene rings is 1. The van der Waals surface area contributed by atoms with Crippen LogP contribution < -0.4 is 11.0 Å². The molecule has 7 nitrogen and oxygen atoms in total. The van der Waals surface area contributed by atoms with Gasteiger partial charge in [-0.3, -0.25) is 14.3 Å². The first kappa shape index (κ1) is 23.0. The highest BCUT2D eigenvalue weighted by molar-refractivity contribution is 7.99. The lowest BCUT2D eigenvalue weighted by Gasteiger charge is -2.27. The fourth-order valence-corrected chi connectivity index (χ4v) is 5.26. The normalized spacial score (nSPS) is 16.5. The number of ether oxygens (including phenoxy) is 1. The van der Waals surface area contributed by atoms with Crippen LogP contribution in [0.3, 0.4) is 0 Å². The Hall–Kier alpha value is -2.16. The van der Waals surface area contributed by atoms with Gasteiger partial charge in [-0.15, -0.1) is 0 Å². The third-order valence-electron chi connectivity index (χ3n) is 6.08. The van der Waals surface area contributed by atoms with Gasteiger partial charge < -0.3 is 10.1 Å². The standard InChI is InChI=1S/C24H32N4O3S/c29-22(25-17-19-7-2-1-3-8-19)18-32-23-20-9-4-5-10-21(20)28(24(30)26-23)12-6-11-27-13-15-31-16-14-27/h1-3,7-8H,4-6,9-18H2,(H,25,29). The maximum absolute atomic E-state index is 12.9. The molecule has 0 radical (unpaired) electrons. The van der Waals surface area contributed by atoms with Gasteiger partial charge in [-0.2, -0.15) is 4.98 Å². The van der Waals surface area contributed by atoms with Gasteiger partial charge in [-0.25, -0.2) is 4.79 Å². The lowest BCUT2D eigenvalue weighted by molar-refractivity contribution is -0.118. The second kappa shape index (κ2) is 11.6. The summed E-state index contributed by atoms with van der Waals surface area (Å²) in [7, 11) is 0. The van der Waals surface area contributed by atoms with E-state index in [1.54, 1.807) is 0 Å². The highest BCUT2D eigenvalue weighted by Gasteiger charge is 2.21. The summed E-state index contributed by atoms with van der Waals surface area (Å²) in [6.07, 6.45) is 4.98. The Morgan fingerprint density at radius 3 is 2.69 bits per heavy atom. The van der Waals surface area contributed by atoms with Crippen molar-refractivity contribution in [2.24, 2.45) is 0 Å². The van der Waals surface area contributed by atoms with Crippen LogP contribution in [0, 0.1) is 0 Å². The van der Waals surface area contributed by atoms with E-state index in [1.165, 1.54) is 17.3 Å². The number of morpholine rings is 1. The fourth-order valence-electron chi connectivity index (χ4n) is 4.36. The van der Waals surface area contributed by atoms with Crippen molar-refractivity contribution in [3.8, 4) is 0 Å². The van der Waals surface area contributed by atoms with Crippen molar-refractivity contribution >= 4 is 17.7 Å². The molecule has 2 aliphatic rings. The molecule has 0 atom stereocenters. The molecule has 0 unspecified atom stereocenters. The molecule has 1 amide bonds. The number of thioether (sulfide) groups is 1. The molecular formula is C24H32N4O3S. The number of amides is 1. The minimum Gasteiger partial charge on any atom is -0.379 e. The van der Waals surface area contributed by atoms with E-state index in [4.69, 9.17) is 4.74 Å². The lowest BCUT2D eigenvalue weighted by Crippen LogP contribution is -2.38. The van der Waals surface area contributed by atoms with Crippen molar-refractivity contribution < 1.29 is 9.53 Å². The van der Waals surface area contributed by atoms with E-state index in [9.17, 15) is 9.59 Å². The number of hydrogen-bond donors (Lipinski definition) is 1. The predicted octanol–water partition coefficient (Wildman–Crippen LogP) is 2.25. The molecule has 4 rings (SSSR count). The summed E-state index contributed by atoms with van der Waals surface area (Å²) in [5.41, 5.74) is 3.19. The van der Waals surface area contributed by atoms with Crippen LogP contribution >= 0.6 is 11.8 Å². The first-order chi connectivity index (χ1) is 15.7. The molecule has 8 heteroatoms. The largest absolute Gasteiger partial charge is 0.379 e. The topological polar surface area (TPSA) is 76.5 Å². The number of carbonyl (C=O) groups excluding carboxylic acids is 1. The Morgan fingerprint density at radius 1 is 1.09 bits per heavy atom. The van der Waals surface area contributed by atoms with Crippen molar-refractivity contribution in [1.82, 2.24) is 19.8 Å². The van der Waals surface area contributed by atoms with Crippen LogP contribution in [-0.4, -0.2) is 59.0 Å². The van der Waals surface area contributed by atoms with Crippen molar-refractivity contribution in [3.63, 3.8) is 0 Å². The predicted molar refractivity (Wildman–Crippen MR) is 126 cm³/mol. The number of aromatic nitrogens is 2. The molecule has 0 bridgehead atoms. The zero-order valence-corrected chi connectivity index (χ0v) is 19.4. The van der Waals surface area contributed by atoms with Crippen LogP contribution in [0.2, 0.25) is 0 Å². The van der Waals surface area contributed by atoms with Crippen molar-refractivity contribution in [2.75, 3.05) is 38.6 Å². The molecule has 2 heterocycles. The van der Waals surface area contributed by atoms with E-state index >= 15 is 0 Å². The molecule has 1 aromatic heterocycles. The van der Waals surface area contributed by atoms with Crippen LogP contribution in [0.25, 0.3) is 0 Å². The third kappa shape index (κ3) is 6.21. The maximum Gasteiger partial charge on any atom is 0.348 e. The van der Waals surface area contributed by atoms with Gasteiger partial charge in [0.15, 0.2) is 0 Å². The van der Waals surface area contributed by atoms with Gasteiger partial charge in [0.05, 0.1) is 19.0 Å². The summed E-state index contributed by atoms with van der Waals surface area (Å²) in [6.45, 7) is 5.71. The van der Waals surface area contributed by atoms with Crippen molar-refractivity contribution in [3.05, 3.63) is 57.6 Å². The van der Waals surface area contributed by atoms with Gasteiger partial charge >= 0.3 is 5.69 Å². The van der Waals surface area contributed by atoms with Gasteiger partial charge in [0.1, 0.15) is 5.03 Å². The van der Waals surface area contributed by atoms with Crippen molar-refractivity contribution in [1.29, 1.82) is 0 Å². The Labute approximate surface area is 193 Å². The number of fused-ring (bicyclic) bond motifs is 1. The summed E-state index contributed by atoms with van der Waals surface area (Å²) in [5, 5.41) is 3.69. The first-order valence-electron chi connectivity index (χ1n) is 11.6. The molecule has 1 aromatic carbocycles. The summed E-state index contributed by atoms with van der Waals surface area (Å²) >= 11 is 1.39. The quantitative estimate of drug-likeness (QED) is 0.461. The monoisotopic (exact) mass is 456 g/mol. The highest BCUT2D eigenvalue weighted by atomic mass is 32.2. The van der Waals surface area contributed by atoms with Crippen LogP contribution in [0.4, 0.5) is 0 Å². The van der Waals surface area contributed by atoms with Gasteiger partial charge in [-0.1, -0.05) is 42.1 Å². The molecule has 32 heavy (non-hydrogen) atoms. The van der Waals surface area contributed by atoms with Crippen LogP contribution in [-0.2, 0) is 35.5 Å². The Bertz CT molecular complexity index is 958. The molecule has 1 fully saturated rings. The molecule has 1 N–H and O–H groups in total. The molecule has 2 aromatic rings. The van der Waals surface area contributed by atoms with Gasteiger partial charge in [0.25, 0.3) is 0 Å². The second-order valence-corrected chi connectivity index (χ2v) is 9.31. The number of nitrogens with one attached hydrogen (secondary N) is 1. The molecule has 1 aliphatic heterocycles. The lowest BCUT2D eigenvalue weighted by atomic mass is 9.97. The minimum absolute atomic E-state index is 0.0418. The molecule has 0 spiro atoms. The average molecular weight is 457 g/mol. The number of rotatable bonds is 9. The van der Waals surface area contributed by atoms with Gasteiger partial charge in [0.2, 0.25) is 5.91 Å². The van der Waals surface area contributed by atoms with E-state index in [0.717, 1.165) is 81.2 Å². The summed E-state index contributed by atoms with van der Waals surface area (Å²) in [6, 6.07) is 9.86. The molecular weight excluding hydrogens is 424 g/mol. The first-order valence-corrected chi connectivity index (χ1v) is 12.6. The van der Waals surface area contributed by atoms with E-state index in [1.807, 2.05) is 34.9 Å². The second-order valence-electron chi connectivity index (χ2n) is 8.34. The van der Waals surface area contributed by atoms with E-state index in [2.05, 4.69) is 15.2 Å². The smallest absolute Gasteiger partial charge is 0.348 e. The molecule has 0 saturated carbocycles. The van der Waals surface area contributed by atoms with E-state index < -0.39 is 0 Å². The molecule has 1 aliphatic carbocycles. The number of nitrogens with zero attached hydrogens (tertiary/aromatic N) is 3. The van der Waals surface area contributed by atoms with Gasteiger partial charge in [0, 0.05) is 44.0 Å². The van der Waals surface area contributed by atoms with E-state index in [-0.39, 0.29) is 17.3 Å². The number of carbonyl (C=O) groups is 1. The van der Waals surface area contributed by atoms with Crippen LogP contribution in [0.1, 0.15) is 36.1 Å². The summed E-state index contributed by atoms with van der Waals surface area (Å²) in [4.78, 5) is 32.0. The Morgan fingerprint density at radius 2 is 1.88 bits per heavy atom. The molecule has 172 valence electrons. The Kier molecular flexibility index (Phi) is 8.36. The summed E-state index contributed by atoms with van der Waals surface area (Å²) in [5.74, 6) is 0.229. The maximum atomic E-state index is 12.9. The van der Waals surface area contributed by atoms with Crippen LogP contribution in [0.5, 0.6) is 0 Å². The zero-order chi connectivity index (χ0) is 22.2. The summed E-state index contributed by atoms with van der Waals surface area (Å²) < 4.78 is 7.29. The highest BCUT2D eigenvalue weighted by Crippen LogP contribution is 2.28. The fraction of sp³-hybridized carbons (Fsp3) is 0.542. The molecule has 1 saturated heterocycles. The van der Waals surface area contributed by atoms with Crippen molar-refractivity contribution in [2.45, 2.75) is 50.2 Å². The Balaban J connectivity index is 1.36. The SMILES string of the molecule is O=C(CSc1nc(=O)n(CCCN2CCOCC2)c2c1CCCC2)NCc1ccccc1. The number of hydrogen-bond acceptors (Lipinski definition) is 6.